The third kappa shape index (κ3) is 2.90. The predicted octanol–water partition coefficient (Wildman–Crippen LogP) is 3.61. The molecule has 2 rings (SSSR count). The van der Waals surface area contributed by atoms with E-state index in [0.29, 0.717) is 15.5 Å². The minimum atomic E-state index is 0.590. The van der Waals surface area contributed by atoms with Gasteiger partial charge in [0.15, 0.2) is 0 Å². The van der Waals surface area contributed by atoms with Gasteiger partial charge < -0.3 is 5.32 Å². The lowest BCUT2D eigenvalue weighted by atomic mass is 9.99. The van der Waals surface area contributed by atoms with Crippen molar-refractivity contribution in [3.05, 3.63) is 46.1 Å². The standard InChI is InChI=1S/C14H13ClN2S/c15-11-6-4-10(5-7-11)14(18)12(9-16)13-3-1-2-8-17-13/h4-7,17H,1-3,8H2. The maximum atomic E-state index is 9.30. The van der Waals surface area contributed by atoms with E-state index in [-0.39, 0.29) is 0 Å². The number of halogens is 1. The number of thiocarbonyl (C=S) groups is 1. The van der Waals surface area contributed by atoms with E-state index >= 15 is 0 Å². The third-order valence-corrected chi connectivity index (χ3v) is 3.63. The van der Waals surface area contributed by atoms with Crippen LogP contribution in [0.4, 0.5) is 0 Å². The highest BCUT2D eigenvalue weighted by atomic mass is 35.5. The Hall–Kier alpha value is -1.37. The Morgan fingerprint density at radius 3 is 2.56 bits per heavy atom. The molecule has 0 aromatic heterocycles. The molecule has 0 saturated carbocycles. The molecule has 1 saturated heterocycles. The molecule has 0 unspecified atom stereocenters. The van der Waals surface area contributed by atoms with Crippen LogP contribution < -0.4 is 5.32 Å². The van der Waals surface area contributed by atoms with Gasteiger partial charge in [-0.25, -0.2) is 0 Å². The van der Waals surface area contributed by atoms with Crippen LogP contribution in [0, 0.1) is 11.3 Å². The van der Waals surface area contributed by atoms with E-state index in [1.165, 1.54) is 0 Å². The molecule has 92 valence electrons. The second kappa shape index (κ2) is 5.99. The second-order valence-corrected chi connectivity index (χ2v) is 5.03. The SMILES string of the molecule is N#CC(C(=S)c1ccc(Cl)cc1)=C1CCCCN1. The van der Waals surface area contributed by atoms with Crippen LogP contribution in [0.3, 0.4) is 0 Å². The van der Waals surface area contributed by atoms with Crippen LogP contribution in [-0.4, -0.2) is 11.4 Å². The van der Waals surface area contributed by atoms with Gasteiger partial charge in [-0.2, -0.15) is 5.26 Å². The highest BCUT2D eigenvalue weighted by Crippen LogP contribution is 2.20. The molecule has 0 aliphatic carbocycles. The Kier molecular flexibility index (Phi) is 4.35. The summed E-state index contributed by atoms with van der Waals surface area (Å²) in [6.45, 7) is 0.920. The summed E-state index contributed by atoms with van der Waals surface area (Å²) in [6.07, 6.45) is 3.16. The summed E-state index contributed by atoms with van der Waals surface area (Å²) in [5.41, 5.74) is 2.43. The number of hydrogen-bond acceptors (Lipinski definition) is 3. The van der Waals surface area contributed by atoms with Gasteiger partial charge in [0, 0.05) is 17.3 Å². The number of allylic oxidation sites excluding steroid dienone is 2. The highest BCUT2D eigenvalue weighted by Gasteiger charge is 2.15. The van der Waals surface area contributed by atoms with Crippen molar-refractivity contribution in [2.45, 2.75) is 19.3 Å². The monoisotopic (exact) mass is 276 g/mol. The topological polar surface area (TPSA) is 35.8 Å². The van der Waals surface area contributed by atoms with Gasteiger partial charge in [-0.3, -0.25) is 0 Å². The van der Waals surface area contributed by atoms with E-state index in [2.05, 4.69) is 11.4 Å². The van der Waals surface area contributed by atoms with E-state index < -0.39 is 0 Å². The van der Waals surface area contributed by atoms with Gasteiger partial charge in [0.2, 0.25) is 0 Å². The van der Waals surface area contributed by atoms with Gasteiger partial charge in [0.1, 0.15) is 6.07 Å². The smallest absolute Gasteiger partial charge is 0.102 e. The van der Waals surface area contributed by atoms with Crippen molar-refractivity contribution in [1.29, 1.82) is 5.26 Å². The average molecular weight is 277 g/mol. The Morgan fingerprint density at radius 1 is 1.28 bits per heavy atom. The molecule has 1 aliphatic rings. The molecule has 1 N–H and O–H groups in total. The molecule has 1 aromatic rings. The normalized spacial score (nSPS) is 17.6. The summed E-state index contributed by atoms with van der Waals surface area (Å²) in [4.78, 5) is 0.596. The van der Waals surface area contributed by atoms with Gasteiger partial charge in [-0.05, 0) is 37.0 Å². The van der Waals surface area contributed by atoms with Crippen LogP contribution in [0.15, 0.2) is 35.5 Å². The van der Waals surface area contributed by atoms with Gasteiger partial charge in [-0.15, -0.1) is 0 Å². The lowest BCUT2D eigenvalue weighted by molar-refractivity contribution is 0.586. The average Bonchev–Trinajstić information content (AvgIpc) is 2.41. The molecule has 18 heavy (non-hydrogen) atoms. The number of nitrogens with zero attached hydrogens (tertiary/aromatic N) is 1. The van der Waals surface area contributed by atoms with E-state index in [4.69, 9.17) is 23.8 Å². The fraction of sp³-hybridized carbons (Fsp3) is 0.286. The van der Waals surface area contributed by atoms with Crippen molar-refractivity contribution in [2.24, 2.45) is 0 Å². The summed E-state index contributed by atoms with van der Waals surface area (Å²) < 4.78 is 0. The summed E-state index contributed by atoms with van der Waals surface area (Å²) in [6, 6.07) is 9.51. The first-order chi connectivity index (χ1) is 8.72. The molecule has 0 spiro atoms. The molecule has 1 heterocycles. The van der Waals surface area contributed by atoms with E-state index in [1.54, 1.807) is 12.1 Å². The minimum Gasteiger partial charge on any atom is -0.387 e. The van der Waals surface area contributed by atoms with Crippen LogP contribution in [0.25, 0.3) is 0 Å². The van der Waals surface area contributed by atoms with Gasteiger partial charge >= 0.3 is 0 Å². The van der Waals surface area contributed by atoms with E-state index in [9.17, 15) is 5.26 Å². The van der Waals surface area contributed by atoms with Crippen LogP contribution in [0.1, 0.15) is 24.8 Å². The minimum absolute atomic E-state index is 0.590. The van der Waals surface area contributed by atoms with Crippen molar-refractivity contribution < 1.29 is 0 Å². The fourth-order valence-corrected chi connectivity index (χ4v) is 2.40. The van der Waals surface area contributed by atoms with Crippen molar-refractivity contribution >= 4 is 28.7 Å². The van der Waals surface area contributed by atoms with Crippen molar-refractivity contribution in [1.82, 2.24) is 5.32 Å². The largest absolute Gasteiger partial charge is 0.387 e. The predicted molar refractivity (Wildman–Crippen MR) is 77.6 cm³/mol. The Morgan fingerprint density at radius 2 is 2.00 bits per heavy atom. The zero-order valence-electron chi connectivity index (χ0n) is 9.87. The van der Waals surface area contributed by atoms with Crippen LogP contribution >= 0.6 is 23.8 Å². The number of hydrogen-bond donors (Lipinski definition) is 1. The molecular formula is C14H13ClN2S. The number of nitrogens with one attached hydrogen (secondary N) is 1. The zero-order chi connectivity index (χ0) is 13.0. The lowest BCUT2D eigenvalue weighted by Crippen LogP contribution is -2.23. The molecule has 4 heteroatoms. The lowest BCUT2D eigenvalue weighted by Gasteiger charge is -2.18. The van der Waals surface area contributed by atoms with Crippen LogP contribution in [-0.2, 0) is 0 Å². The molecular weight excluding hydrogens is 264 g/mol. The van der Waals surface area contributed by atoms with Gasteiger partial charge in [0.05, 0.1) is 10.4 Å². The number of benzene rings is 1. The highest BCUT2D eigenvalue weighted by molar-refractivity contribution is 7.81. The first-order valence-electron chi connectivity index (χ1n) is 5.90. The van der Waals surface area contributed by atoms with Gasteiger partial charge in [0.25, 0.3) is 0 Å². The Labute approximate surface area is 117 Å². The van der Waals surface area contributed by atoms with Gasteiger partial charge in [-0.1, -0.05) is 36.0 Å². The second-order valence-electron chi connectivity index (χ2n) is 4.19. The maximum absolute atomic E-state index is 9.30. The number of rotatable bonds is 2. The quantitative estimate of drug-likeness (QED) is 0.388. The van der Waals surface area contributed by atoms with Crippen molar-refractivity contribution in [2.75, 3.05) is 6.54 Å². The molecule has 2 nitrogen and oxygen atoms in total. The number of nitriles is 1. The van der Waals surface area contributed by atoms with Crippen molar-refractivity contribution in [3.63, 3.8) is 0 Å². The van der Waals surface area contributed by atoms with E-state index in [1.807, 2.05) is 12.1 Å². The molecule has 0 radical (unpaired) electrons. The van der Waals surface area contributed by atoms with Crippen LogP contribution in [0.5, 0.6) is 0 Å². The first kappa shape index (κ1) is 13.1. The maximum Gasteiger partial charge on any atom is 0.102 e. The third-order valence-electron chi connectivity index (χ3n) is 2.94. The number of piperidine rings is 1. The molecule has 0 atom stereocenters. The zero-order valence-corrected chi connectivity index (χ0v) is 11.4. The summed E-state index contributed by atoms with van der Waals surface area (Å²) >= 11 is 11.2. The molecule has 1 aliphatic heterocycles. The molecule has 0 bridgehead atoms. The molecule has 1 aromatic carbocycles. The van der Waals surface area contributed by atoms with Crippen LogP contribution in [0.2, 0.25) is 5.02 Å². The fourth-order valence-electron chi connectivity index (χ4n) is 1.97. The van der Waals surface area contributed by atoms with E-state index in [0.717, 1.165) is 37.1 Å². The Balaban J connectivity index is 2.31. The molecule has 0 amide bonds. The first-order valence-corrected chi connectivity index (χ1v) is 6.68. The molecule has 1 fully saturated rings. The Bertz CT molecular complexity index is 518. The summed E-state index contributed by atoms with van der Waals surface area (Å²) in [5.74, 6) is 0. The van der Waals surface area contributed by atoms with Crippen molar-refractivity contribution in [3.8, 4) is 6.07 Å². The summed E-state index contributed by atoms with van der Waals surface area (Å²) in [7, 11) is 0. The summed E-state index contributed by atoms with van der Waals surface area (Å²) in [5, 5.41) is 13.2.